The average molecular weight is 373 g/mol. The highest BCUT2D eigenvalue weighted by atomic mass is 32.2. The number of amides is 1. The van der Waals surface area contributed by atoms with Crippen LogP contribution in [0.3, 0.4) is 0 Å². The van der Waals surface area contributed by atoms with Gasteiger partial charge in [0.25, 0.3) is 0 Å². The van der Waals surface area contributed by atoms with Crippen LogP contribution in [0.5, 0.6) is 0 Å². The predicted molar refractivity (Wildman–Crippen MR) is 113 cm³/mol. The van der Waals surface area contributed by atoms with Gasteiger partial charge in [0.1, 0.15) is 0 Å². The van der Waals surface area contributed by atoms with Gasteiger partial charge in [-0.2, -0.15) is 5.10 Å². The van der Waals surface area contributed by atoms with Crippen molar-refractivity contribution in [1.82, 2.24) is 4.90 Å². The number of thioether (sulfide) groups is 1. The van der Waals surface area contributed by atoms with Crippen LogP contribution in [0.15, 0.2) is 83.0 Å². The molecule has 1 heterocycles. The molecule has 1 aliphatic heterocycles. The molecule has 1 fully saturated rings. The van der Waals surface area contributed by atoms with Crippen molar-refractivity contribution in [2.45, 2.75) is 18.7 Å². The highest BCUT2D eigenvalue weighted by molar-refractivity contribution is 8.15. The number of amidine groups is 1. The number of rotatable bonds is 4. The molecule has 0 saturated carbocycles. The van der Waals surface area contributed by atoms with E-state index in [9.17, 15) is 4.79 Å². The van der Waals surface area contributed by atoms with Gasteiger partial charge in [-0.05, 0) is 23.3 Å². The van der Waals surface area contributed by atoms with Gasteiger partial charge < -0.3 is 0 Å². The molecule has 3 aromatic rings. The van der Waals surface area contributed by atoms with E-state index in [1.807, 2.05) is 61.5 Å². The molecule has 0 aromatic heterocycles. The summed E-state index contributed by atoms with van der Waals surface area (Å²) in [5.74, 6) is 0.0722. The lowest BCUT2D eigenvalue weighted by molar-refractivity contribution is -0.126. The molecular weight excluding hydrogens is 354 g/mol. The Morgan fingerprint density at radius 2 is 1.74 bits per heavy atom. The molecule has 5 heteroatoms. The zero-order valence-electron chi connectivity index (χ0n) is 14.9. The van der Waals surface area contributed by atoms with E-state index >= 15 is 0 Å². The van der Waals surface area contributed by atoms with Crippen molar-refractivity contribution in [3.8, 4) is 0 Å². The van der Waals surface area contributed by atoms with Crippen molar-refractivity contribution in [1.29, 1.82) is 0 Å². The van der Waals surface area contributed by atoms with Crippen LogP contribution in [0.1, 0.15) is 18.1 Å². The van der Waals surface area contributed by atoms with E-state index in [1.165, 1.54) is 17.1 Å². The second kappa shape index (κ2) is 7.76. The first-order valence-electron chi connectivity index (χ1n) is 8.83. The van der Waals surface area contributed by atoms with Gasteiger partial charge in [-0.3, -0.25) is 9.69 Å². The molecular formula is C22H19N3OS. The first-order chi connectivity index (χ1) is 13.2. The van der Waals surface area contributed by atoms with Crippen LogP contribution in [-0.4, -0.2) is 27.4 Å². The third-order valence-corrected chi connectivity index (χ3v) is 5.54. The first kappa shape index (κ1) is 17.5. The summed E-state index contributed by atoms with van der Waals surface area (Å²) in [6, 6.07) is 24.2. The zero-order valence-corrected chi connectivity index (χ0v) is 15.8. The highest BCUT2D eigenvalue weighted by Crippen LogP contribution is 2.28. The molecule has 1 amide bonds. The Bertz CT molecular complexity index is 1020. The fourth-order valence-electron chi connectivity index (χ4n) is 3.08. The Morgan fingerprint density at radius 1 is 1.00 bits per heavy atom. The maximum atomic E-state index is 12.5. The lowest BCUT2D eigenvalue weighted by Gasteiger charge is -2.15. The van der Waals surface area contributed by atoms with Crippen LogP contribution in [0.4, 0.5) is 0 Å². The van der Waals surface area contributed by atoms with Gasteiger partial charge in [0.2, 0.25) is 5.91 Å². The van der Waals surface area contributed by atoms with E-state index in [2.05, 4.69) is 28.4 Å². The molecule has 0 spiro atoms. The van der Waals surface area contributed by atoms with Crippen LogP contribution >= 0.6 is 11.8 Å². The van der Waals surface area contributed by atoms with Crippen LogP contribution in [-0.2, 0) is 11.3 Å². The van der Waals surface area contributed by atoms with E-state index < -0.39 is 0 Å². The van der Waals surface area contributed by atoms with E-state index in [0.717, 1.165) is 16.5 Å². The summed E-state index contributed by atoms with van der Waals surface area (Å²) in [6.45, 7) is 2.42. The van der Waals surface area contributed by atoms with Crippen LogP contribution < -0.4 is 0 Å². The Labute approximate surface area is 162 Å². The van der Waals surface area contributed by atoms with Gasteiger partial charge in [0, 0.05) is 5.56 Å². The van der Waals surface area contributed by atoms with Crippen LogP contribution in [0.2, 0.25) is 0 Å². The molecule has 0 aliphatic carbocycles. The molecule has 1 aliphatic rings. The largest absolute Gasteiger partial charge is 0.284 e. The number of carbonyl (C=O) groups excluding carboxylic acids is 1. The number of carbonyl (C=O) groups is 1. The van der Waals surface area contributed by atoms with E-state index in [-0.39, 0.29) is 11.2 Å². The van der Waals surface area contributed by atoms with Gasteiger partial charge in [0.15, 0.2) is 5.17 Å². The standard InChI is InChI=1S/C22H19N3OS/c1-16-21(26)25(15-17-8-3-2-4-9-17)22(27-16)24-23-14-19-12-7-11-18-10-5-6-13-20(18)19/h2-14,16H,15H2,1H3/b23-14+,24-22-. The molecule has 27 heavy (non-hydrogen) atoms. The molecule has 4 rings (SSSR count). The lowest BCUT2D eigenvalue weighted by Crippen LogP contribution is -2.30. The lowest BCUT2D eigenvalue weighted by atomic mass is 10.1. The fourth-order valence-corrected chi connectivity index (χ4v) is 4.00. The summed E-state index contributed by atoms with van der Waals surface area (Å²) in [7, 11) is 0. The minimum Gasteiger partial charge on any atom is -0.284 e. The van der Waals surface area contributed by atoms with Gasteiger partial charge in [-0.1, -0.05) is 84.6 Å². The smallest absolute Gasteiger partial charge is 0.242 e. The summed E-state index contributed by atoms with van der Waals surface area (Å²) in [5, 5.41) is 11.4. The second-order valence-electron chi connectivity index (χ2n) is 6.37. The monoisotopic (exact) mass is 373 g/mol. The minimum atomic E-state index is -0.139. The number of hydrogen-bond donors (Lipinski definition) is 0. The Hall–Kier alpha value is -2.92. The third kappa shape index (κ3) is 3.78. The van der Waals surface area contributed by atoms with Gasteiger partial charge in [-0.25, -0.2) is 0 Å². The van der Waals surface area contributed by atoms with Crippen molar-refractivity contribution in [2.75, 3.05) is 0 Å². The number of benzene rings is 3. The van der Waals surface area contributed by atoms with Gasteiger partial charge >= 0.3 is 0 Å². The number of nitrogens with zero attached hydrogens (tertiary/aromatic N) is 3. The van der Waals surface area contributed by atoms with Crippen molar-refractivity contribution in [3.63, 3.8) is 0 Å². The summed E-state index contributed by atoms with van der Waals surface area (Å²) >= 11 is 1.45. The Kier molecular flexibility index (Phi) is 5.03. The molecule has 1 unspecified atom stereocenters. The highest BCUT2D eigenvalue weighted by Gasteiger charge is 2.35. The van der Waals surface area contributed by atoms with Crippen LogP contribution in [0, 0.1) is 0 Å². The maximum Gasteiger partial charge on any atom is 0.242 e. The fraction of sp³-hybridized carbons (Fsp3) is 0.136. The summed E-state index contributed by atoms with van der Waals surface area (Å²) in [5.41, 5.74) is 2.08. The molecule has 0 radical (unpaired) electrons. The van der Waals surface area contributed by atoms with Gasteiger partial charge in [-0.15, -0.1) is 5.10 Å². The summed E-state index contributed by atoms with van der Waals surface area (Å²) in [4.78, 5) is 14.2. The maximum absolute atomic E-state index is 12.5. The quantitative estimate of drug-likeness (QED) is 0.492. The normalized spacial score (nSPS) is 18.9. The van der Waals surface area contributed by atoms with Crippen LogP contribution in [0.25, 0.3) is 10.8 Å². The van der Waals surface area contributed by atoms with Crippen molar-refractivity contribution in [3.05, 3.63) is 83.9 Å². The Morgan fingerprint density at radius 3 is 2.59 bits per heavy atom. The van der Waals surface area contributed by atoms with Gasteiger partial charge in [0.05, 0.1) is 18.0 Å². The SMILES string of the molecule is CC1S/C(=N\N=C\c2cccc3ccccc23)N(Cc2ccccc2)C1=O. The number of fused-ring (bicyclic) bond motifs is 1. The molecule has 134 valence electrons. The molecule has 1 saturated heterocycles. The number of hydrogen-bond acceptors (Lipinski definition) is 4. The molecule has 0 bridgehead atoms. The molecule has 3 aromatic carbocycles. The third-order valence-electron chi connectivity index (χ3n) is 4.47. The predicted octanol–water partition coefficient (Wildman–Crippen LogP) is 4.69. The molecule has 1 atom stereocenters. The summed E-state index contributed by atoms with van der Waals surface area (Å²) in [6.07, 6.45) is 1.75. The molecule has 0 N–H and O–H groups in total. The van der Waals surface area contributed by atoms with Crippen molar-refractivity contribution in [2.24, 2.45) is 10.2 Å². The topological polar surface area (TPSA) is 45.0 Å². The van der Waals surface area contributed by atoms with Crippen molar-refractivity contribution >= 4 is 39.8 Å². The zero-order chi connectivity index (χ0) is 18.6. The first-order valence-corrected chi connectivity index (χ1v) is 9.71. The Balaban J connectivity index is 1.59. The van der Waals surface area contributed by atoms with E-state index in [1.54, 1.807) is 11.1 Å². The second-order valence-corrected chi connectivity index (χ2v) is 7.67. The van der Waals surface area contributed by atoms with E-state index in [4.69, 9.17) is 0 Å². The van der Waals surface area contributed by atoms with E-state index in [0.29, 0.717) is 11.7 Å². The minimum absolute atomic E-state index is 0.0722. The van der Waals surface area contributed by atoms with Crippen molar-refractivity contribution < 1.29 is 4.79 Å². The summed E-state index contributed by atoms with van der Waals surface area (Å²) < 4.78 is 0. The molecule has 4 nitrogen and oxygen atoms in total. The average Bonchev–Trinajstić information content (AvgIpc) is 2.97.